The van der Waals surface area contributed by atoms with E-state index in [9.17, 15) is 9.90 Å². The summed E-state index contributed by atoms with van der Waals surface area (Å²) in [6.07, 6.45) is 1.07. The third kappa shape index (κ3) is 2.70. The molecule has 2 aromatic rings. The molecule has 1 aliphatic heterocycles. The zero-order chi connectivity index (χ0) is 14.8. The highest BCUT2D eigenvalue weighted by Crippen LogP contribution is 2.27. The van der Waals surface area contributed by atoms with Gasteiger partial charge in [-0.15, -0.1) is 0 Å². The average molecular weight is 282 g/mol. The minimum atomic E-state index is -0.909. The number of nitrogens with one attached hydrogen (secondary N) is 1. The molecule has 0 saturated heterocycles. The van der Waals surface area contributed by atoms with Crippen LogP contribution >= 0.6 is 0 Å². The van der Waals surface area contributed by atoms with E-state index < -0.39 is 5.97 Å². The Morgan fingerprint density at radius 2 is 2.10 bits per heavy atom. The largest absolute Gasteiger partial charge is 0.478 e. The van der Waals surface area contributed by atoms with Crippen LogP contribution in [0.4, 0.5) is 11.4 Å². The summed E-state index contributed by atoms with van der Waals surface area (Å²) in [5.74, 6) is -0.909. The van der Waals surface area contributed by atoms with Crippen molar-refractivity contribution in [1.29, 1.82) is 0 Å². The Kier molecular flexibility index (Phi) is 3.52. The van der Waals surface area contributed by atoms with Crippen LogP contribution in [0.2, 0.25) is 0 Å². The van der Waals surface area contributed by atoms with Crippen molar-refractivity contribution >= 4 is 17.3 Å². The van der Waals surface area contributed by atoms with Crippen LogP contribution in [-0.2, 0) is 13.0 Å². The van der Waals surface area contributed by atoms with Crippen LogP contribution in [0.1, 0.15) is 21.5 Å². The first-order valence-corrected chi connectivity index (χ1v) is 7.04. The predicted molar refractivity (Wildman–Crippen MR) is 84.1 cm³/mol. The van der Waals surface area contributed by atoms with Gasteiger partial charge in [-0.25, -0.2) is 4.79 Å². The molecule has 1 aliphatic rings. The van der Waals surface area contributed by atoms with Crippen molar-refractivity contribution in [2.45, 2.75) is 13.0 Å². The van der Waals surface area contributed by atoms with Crippen LogP contribution in [0.3, 0.4) is 0 Å². The molecule has 0 fully saturated rings. The minimum Gasteiger partial charge on any atom is -0.478 e. The van der Waals surface area contributed by atoms with E-state index in [2.05, 4.69) is 35.5 Å². The molecular weight excluding hydrogens is 264 g/mol. The van der Waals surface area contributed by atoms with Gasteiger partial charge in [0, 0.05) is 31.5 Å². The molecule has 2 N–H and O–H groups in total. The fourth-order valence-electron chi connectivity index (χ4n) is 2.75. The first-order chi connectivity index (χ1) is 10.1. The lowest BCUT2D eigenvalue weighted by Crippen LogP contribution is -2.12. The Balaban J connectivity index is 1.76. The molecule has 0 saturated carbocycles. The SMILES string of the molecule is CN1CCc2cc(CNc3ccccc3C(=O)O)ccc21. The lowest BCUT2D eigenvalue weighted by molar-refractivity contribution is 0.0698. The maximum atomic E-state index is 11.2. The zero-order valence-corrected chi connectivity index (χ0v) is 12.0. The molecule has 1 heterocycles. The van der Waals surface area contributed by atoms with E-state index in [1.54, 1.807) is 18.2 Å². The number of carbonyl (C=O) groups is 1. The molecule has 0 radical (unpaired) electrons. The van der Waals surface area contributed by atoms with Gasteiger partial charge in [0.15, 0.2) is 0 Å². The Morgan fingerprint density at radius 3 is 2.90 bits per heavy atom. The number of likely N-dealkylation sites (N-methyl/N-ethyl adjacent to an activating group) is 1. The van der Waals surface area contributed by atoms with E-state index >= 15 is 0 Å². The smallest absolute Gasteiger partial charge is 0.337 e. The summed E-state index contributed by atoms with van der Waals surface area (Å²) in [5, 5.41) is 12.4. The van der Waals surface area contributed by atoms with Crippen LogP contribution in [0, 0.1) is 0 Å². The topological polar surface area (TPSA) is 52.6 Å². The number of hydrogen-bond acceptors (Lipinski definition) is 3. The van der Waals surface area contributed by atoms with Gasteiger partial charge in [-0.2, -0.15) is 0 Å². The van der Waals surface area contributed by atoms with Crippen LogP contribution < -0.4 is 10.2 Å². The quantitative estimate of drug-likeness (QED) is 0.905. The fraction of sp³-hybridized carbons (Fsp3) is 0.235. The monoisotopic (exact) mass is 282 g/mol. The van der Waals surface area contributed by atoms with Gasteiger partial charge >= 0.3 is 5.97 Å². The summed E-state index contributed by atoms with van der Waals surface area (Å²) < 4.78 is 0. The summed E-state index contributed by atoms with van der Waals surface area (Å²) in [4.78, 5) is 13.4. The van der Waals surface area contributed by atoms with E-state index in [0.29, 0.717) is 17.8 Å². The number of carboxylic acids is 1. The number of fused-ring (bicyclic) bond motifs is 1. The van der Waals surface area contributed by atoms with Crippen molar-refractivity contribution in [1.82, 2.24) is 0 Å². The average Bonchev–Trinajstić information content (AvgIpc) is 2.86. The summed E-state index contributed by atoms with van der Waals surface area (Å²) in [7, 11) is 2.10. The summed E-state index contributed by atoms with van der Waals surface area (Å²) in [6, 6.07) is 13.4. The molecule has 4 heteroatoms. The number of hydrogen-bond donors (Lipinski definition) is 2. The highest BCUT2D eigenvalue weighted by Gasteiger charge is 2.15. The van der Waals surface area contributed by atoms with Crippen molar-refractivity contribution in [2.24, 2.45) is 0 Å². The summed E-state index contributed by atoms with van der Waals surface area (Å²) >= 11 is 0. The molecular formula is C17H18N2O2. The molecule has 21 heavy (non-hydrogen) atoms. The van der Waals surface area contributed by atoms with Crippen molar-refractivity contribution in [3.8, 4) is 0 Å². The van der Waals surface area contributed by atoms with E-state index in [4.69, 9.17) is 0 Å². The highest BCUT2D eigenvalue weighted by atomic mass is 16.4. The Bertz CT molecular complexity index is 682. The van der Waals surface area contributed by atoms with Crippen molar-refractivity contribution in [3.05, 3.63) is 59.2 Å². The Labute approximate surface area is 124 Å². The summed E-state index contributed by atoms with van der Waals surface area (Å²) in [6.45, 7) is 1.69. The first-order valence-electron chi connectivity index (χ1n) is 7.04. The Morgan fingerprint density at radius 1 is 1.29 bits per heavy atom. The molecule has 0 aromatic heterocycles. The normalized spacial score (nSPS) is 13.1. The second-order valence-electron chi connectivity index (χ2n) is 5.34. The number of anilines is 2. The van der Waals surface area contributed by atoms with E-state index in [0.717, 1.165) is 13.0 Å². The maximum absolute atomic E-state index is 11.2. The molecule has 0 unspecified atom stereocenters. The van der Waals surface area contributed by atoms with Gasteiger partial charge in [0.05, 0.1) is 5.56 Å². The van der Waals surface area contributed by atoms with Gasteiger partial charge in [-0.1, -0.05) is 24.3 Å². The number of rotatable bonds is 4. The van der Waals surface area contributed by atoms with E-state index in [1.807, 2.05) is 6.07 Å². The second-order valence-corrected chi connectivity index (χ2v) is 5.34. The van der Waals surface area contributed by atoms with Gasteiger partial charge in [-0.05, 0) is 35.7 Å². The van der Waals surface area contributed by atoms with Gasteiger partial charge in [-0.3, -0.25) is 0 Å². The summed E-state index contributed by atoms with van der Waals surface area (Å²) in [5.41, 5.74) is 4.79. The number of aromatic carboxylic acids is 1. The molecule has 0 aliphatic carbocycles. The minimum absolute atomic E-state index is 0.304. The number of para-hydroxylation sites is 1. The van der Waals surface area contributed by atoms with Crippen molar-refractivity contribution in [3.63, 3.8) is 0 Å². The molecule has 2 aromatic carbocycles. The molecule has 0 bridgehead atoms. The third-order valence-corrected chi connectivity index (χ3v) is 3.91. The van der Waals surface area contributed by atoms with Crippen molar-refractivity contribution in [2.75, 3.05) is 23.8 Å². The maximum Gasteiger partial charge on any atom is 0.337 e. The molecule has 0 amide bonds. The fourth-order valence-corrected chi connectivity index (χ4v) is 2.75. The predicted octanol–water partition coefficient (Wildman–Crippen LogP) is 2.99. The number of benzene rings is 2. The third-order valence-electron chi connectivity index (χ3n) is 3.91. The molecule has 0 atom stereocenters. The van der Waals surface area contributed by atoms with Crippen LogP contribution in [0.15, 0.2) is 42.5 Å². The Hall–Kier alpha value is -2.49. The van der Waals surface area contributed by atoms with Gasteiger partial charge < -0.3 is 15.3 Å². The standard InChI is InChI=1S/C17H18N2O2/c1-19-9-8-13-10-12(6-7-16(13)19)11-18-15-5-3-2-4-14(15)17(20)21/h2-7,10,18H,8-9,11H2,1H3,(H,20,21). The van der Waals surface area contributed by atoms with Gasteiger partial charge in [0.25, 0.3) is 0 Å². The van der Waals surface area contributed by atoms with Crippen molar-refractivity contribution < 1.29 is 9.90 Å². The van der Waals surface area contributed by atoms with Crippen LogP contribution in [0.25, 0.3) is 0 Å². The molecule has 108 valence electrons. The second kappa shape index (κ2) is 5.48. The zero-order valence-electron chi connectivity index (χ0n) is 12.0. The molecule has 0 spiro atoms. The van der Waals surface area contributed by atoms with Crippen LogP contribution in [-0.4, -0.2) is 24.7 Å². The van der Waals surface area contributed by atoms with E-state index in [1.165, 1.54) is 16.8 Å². The lowest BCUT2D eigenvalue weighted by atomic mass is 10.1. The highest BCUT2D eigenvalue weighted by molar-refractivity contribution is 5.94. The molecule has 3 rings (SSSR count). The van der Waals surface area contributed by atoms with E-state index in [-0.39, 0.29) is 0 Å². The van der Waals surface area contributed by atoms with Crippen LogP contribution in [0.5, 0.6) is 0 Å². The first kappa shape index (κ1) is 13.5. The molecule has 4 nitrogen and oxygen atoms in total. The lowest BCUT2D eigenvalue weighted by Gasteiger charge is -2.13. The number of carboxylic acid groups (broad SMARTS) is 1. The van der Waals surface area contributed by atoms with Gasteiger partial charge in [0.1, 0.15) is 0 Å². The number of nitrogens with zero attached hydrogens (tertiary/aromatic N) is 1. The van der Waals surface area contributed by atoms with Gasteiger partial charge in [0.2, 0.25) is 0 Å².